The lowest BCUT2D eigenvalue weighted by Gasteiger charge is -2.17. The smallest absolute Gasteiger partial charge is 0.260 e. The van der Waals surface area contributed by atoms with Crippen molar-refractivity contribution < 1.29 is 13.9 Å². The Morgan fingerprint density at radius 1 is 0.929 bits per heavy atom. The van der Waals surface area contributed by atoms with Gasteiger partial charge in [-0.15, -0.1) is 11.8 Å². The molecule has 5 heteroatoms. The van der Waals surface area contributed by atoms with Crippen molar-refractivity contribution in [3.05, 3.63) is 95.3 Å². The highest BCUT2D eigenvalue weighted by molar-refractivity contribution is 7.98. The second-order valence-corrected chi connectivity index (χ2v) is 7.52. The number of carbonyl (C=O) groups is 1. The summed E-state index contributed by atoms with van der Waals surface area (Å²) in [5.41, 5.74) is 2.02. The van der Waals surface area contributed by atoms with Crippen LogP contribution in [0.5, 0.6) is 5.75 Å². The van der Waals surface area contributed by atoms with Gasteiger partial charge in [-0.1, -0.05) is 60.7 Å². The molecule has 0 aliphatic rings. The van der Waals surface area contributed by atoms with Crippen molar-refractivity contribution in [3.8, 4) is 5.75 Å². The van der Waals surface area contributed by atoms with Gasteiger partial charge in [-0.2, -0.15) is 0 Å². The number of amides is 1. The van der Waals surface area contributed by atoms with Gasteiger partial charge in [0.25, 0.3) is 5.91 Å². The molecule has 0 atom stereocenters. The molecule has 0 aliphatic heterocycles. The monoisotopic (exact) mass is 395 g/mol. The Morgan fingerprint density at radius 3 is 2.14 bits per heavy atom. The first-order chi connectivity index (χ1) is 13.6. The number of ether oxygens (including phenoxy) is 1. The minimum absolute atomic E-state index is 0.0287. The molecule has 0 bridgehead atoms. The number of benzene rings is 3. The van der Waals surface area contributed by atoms with Gasteiger partial charge in [0.15, 0.2) is 5.82 Å². The summed E-state index contributed by atoms with van der Waals surface area (Å²) in [6, 6.07) is 22.8. The molecule has 0 heterocycles. The van der Waals surface area contributed by atoms with Crippen molar-refractivity contribution >= 4 is 17.7 Å². The molecule has 3 rings (SSSR count). The van der Waals surface area contributed by atoms with Crippen molar-refractivity contribution in [2.45, 2.75) is 17.3 Å². The van der Waals surface area contributed by atoms with E-state index in [1.54, 1.807) is 26.2 Å². The summed E-state index contributed by atoms with van der Waals surface area (Å²) in [6.07, 6.45) is 0. The first-order valence-electron chi connectivity index (χ1n) is 8.94. The normalized spacial score (nSPS) is 10.5. The van der Waals surface area contributed by atoms with E-state index in [1.807, 2.05) is 60.7 Å². The molecule has 0 spiro atoms. The molecule has 28 heavy (non-hydrogen) atoms. The molecule has 144 valence electrons. The van der Waals surface area contributed by atoms with Crippen LogP contribution in [0.25, 0.3) is 0 Å². The number of hydrogen-bond acceptors (Lipinski definition) is 3. The van der Waals surface area contributed by atoms with E-state index in [2.05, 4.69) is 0 Å². The third kappa shape index (κ3) is 4.93. The van der Waals surface area contributed by atoms with Crippen LogP contribution in [0.2, 0.25) is 0 Å². The summed E-state index contributed by atoms with van der Waals surface area (Å²) in [5, 5.41) is 0. The van der Waals surface area contributed by atoms with Crippen molar-refractivity contribution in [2.75, 3.05) is 14.1 Å². The molecule has 1 amide bonds. The molecule has 0 aliphatic carbocycles. The Labute approximate surface area is 169 Å². The molecule has 0 saturated heterocycles. The summed E-state index contributed by atoms with van der Waals surface area (Å²) < 4.78 is 21.0. The maximum atomic E-state index is 15.2. The average Bonchev–Trinajstić information content (AvgIpc) is 2.72. The summed E-state index contributed by atoms with van der Waals surface area (Å²) in [4.78, 5) is 14.4. The molecule has 0 unspecified atom stereocenters. The molecule has 3 nitrogen and oxygen atoms in total. The van der Waals surface area contributed by atoms with Crippen LogP contribution in [0, 0.1) is 5.82 Å². The summed E-state index contributed by atoms with van der Waals surface area (Å²) >= 11 is 1.37. The first kappa shape index (κ1) is 20.0. The highest BCUT2D eigenvalue weighted by atomic mass is 32.2. The number of rotatable bonds is 7. The zero-order chi connectivity index (χ0) is 19.9. The maximum Gasteiger partial charge on any atom is 0.260 e. The standard InChI is InChI=1S/C23H22FNO2S/c1-25(2)23(26)21-19(27-15-17-9-5-3-6-10-17)13-14-20(22(21)24)28-16-18-11-7-4-8-12-18/h3-14H,15-16H2,1-2H3. The van der Waals surface area contributed by atoms with Gasteiger partial charge in [0.2, 0.25) is 0 Å². The van der Waals surface area contributed by atoms with Crippen molar-refractivity contribution in [1.82, 2.24) is 4.90 Å². The third-order valence-electron chi connectivity index (χ3n) is 4.16. The number of thioether (sulfide) groups is 1. The van der Waals surface area contributed by atoms with E-state index < -0.39 is 11.7 Å². The Hall–Kier alpha value is -2.79. The topological polar surface area (TPSA) is 29.5 Å². The van der Waals surface area contributed by atoms with Gasteiger partial charge < -0.3 is 9.64 Å². The van der Waals surface area contributed by atoms with E-state index in [0.29, 0.717) is 10.6 Å². The van der Waals surface area contributed by atoms with Crippen LogP contribution in [0.1, 0.15) is 21.5 Å². The number of hydrogen-bond donors (Lipinski definition) is 0. The Balaban J connectivity index is 1.85. The van der Waals surface area contributed by atoms with E-state index in [0.717, 1.165) is 11.1 Å². The first-order valence-corrected chi connectivity index (χ1v) is 9.92. The lowest BCUT2D eigenvalue weighted by atomic mass is 10.1. The van der Waals surface area contributed by atoms with Crippen molar-refractivity contribution in [2.24, 2.45) is 0 Å². The van der Waals surface area contributed by atoms with E-state index in [4.69, 9.17) is 4.74 Å². The Bertz CT molecular complexity index is 930. The highest BCUT2D eigenvalue weighted by Gasteiger charge is 2.23. The largest absolute Gasteiger partial charge is 0.488 e. The molecular formula is C23H22FNO2S. The van der Waals surface area contributed by atoms with E-state index in [9.17, 15) is 4.79 Å². The van der Waals surface area contributed by atoms with Crippen LogP contribution in [0.3, 0.4) is 0 Å². The van der Waals surface area contributed by atoms with Crippen molar-refractivity contribution in [1.29, 1.82) is 0 Å². The van der Waals surface area contributed by atoms with Gasteiger partial charge in [0.05, 0.1) is 0 Å². The second-order valence-electron chi connectivity index (χ2n) is 6.50. The fourth-order valence-electron chi connectivity index (χ4n) is 2.66. The molecule has 0 radical (unpaired) electrons. The molecule has 0 N–H and O–H groups in total. The number of carbonyl (C=O) groups excluding carboxylic acids is 1. The maximum absolute atomic E-state index is 15.2. The van der Waals surface area contributed by atoms with Crippen LogP contribution in [0.4, 0.5) is 4.39 Å². The van der Waals surface area contributed by atoms with E-state index in [1.165, 1.54) is 16.7 Å². The molecular weight excluding hydrogens is 373 g/mol. The molecule has 0 fully saturated rings. The Kier molecular flexibility index (Phi) is 6.71. The second kappa shape index (κ2) is 9.42. The lowest BCUT2D eigenvalue weighted by Crippen LogP contribution is -2.24. The summed E-state index contributed by atoms with van der Waals surface area (Å²) in [5.74, 6) is -0.0746. The average molecular weight is 395 g/mol. The summed E-state index contributed by atoms with van der Waals surface area (Å²) in [7, 11) is 3.21. The lowest BCUT2D eigenvalue weighted by molar-refractivity contribution is 0.0817. The van der Waals surface area contributed by atoms with Gasteiger partial charge in [-0.05, 0) is 23.3 Å². The zero-order valence-electron chi connectivity index (χ0n) is 15.9. The van der Waals surface area contributed by atoms with Gasteiger partial charge in [0.1, 0.15) is 17.9 Å². The van der Waals surface area contributed by atoms with Crippen LogP contribution in [-0.4, -0.2) is 24.9 Å². The fourth-order valence-corrected chi connectivity index (χ4v) is 3.57. The van der Waals surface area contributed by atoms with Gasteiger partial charge in [0, 0.05) is 24.7 Å². The third-order valence-corrected chi connectivity index (χ3v) is 5.27. The highest BCUT2D eigenvalue weighted by Crippen LogP contribution is 2.33. The predicted molar refractivity (Wildman–Crippen MR) is 111 cm³/mol. The minimum atomic E-state index is -0.537. The van der Waals surface area contributed by atoms with Crippen LogP contribution in [-0.2, 0) is 12.4 Å². The molecule has 0 saturated carbocycles. The van der Waals surface area contributed by atoms with Gasteiger partial charge in [-0.3, -0.25) is 4.79 Å². The van der Waals surface area contributed by atoms with Crippen LogP contribution >= 0.6 is 11.8 Å². The summed E-state index contributed by atoms with van der Waals surface area (Å²) in [6.45, 7) is 0.268. The Morgan fingerprint density at radius 2 is 1.54 bits per heavy atom. The van der Waals surface area contributed by atoms with Gasteiger partial charge >= 0.3 is 0 Å². The van der Waals surface area contributed by atoms with Crippen LogP contribution in [0.15, 0.2) is 77.7 Å². The van der Waals surface area contributed by atoms with Gasteiger partial charge in [-0.25, -0.2) is 4.39 Å². The quantitative estimate of drug-likeness (QED) is 0.502. The van der Waals surface area contributed by atoms with E-state index >= 15 is 4.39 Å². The predicted octanol–water partition coefficient (Wildman–Crippen LogP) is 5.40. The van der Waals surface area contributed by atoms with Crippen LogP contribution < -0.4 is 4.74 Å². The SMILES string of the molecule is CN(C)C(=O)c1c(OCc2ccccc2)ccc(SCc2ccccc2)c1F. The molecule has 0 aromatic heterocycles. The minimum Gasteiger partial charge on any atom is -0.488 e. The van der Waals surface area contributed by atoms with Crippen molar-refractivity contribution in [3.63, 3.8) is 0 Å². The molecule has 3 aromatic rings. The fraction of sp³-hybridized carbons (Fsp3) is 0.174. The van der Waals surface area contributed by atoms with E-state index in [-0.39, 0.29) is 17.9 Å². The number of nitrogens with zero attached hydrogens (tertiary/aromatic N) is 1. The molecule has 3 aromatic carbocycles. The zero-order valence-corrected chi connectivity index (χ0v) is 16.7. The number of halogens is 1.